The molecule has 1 aliphatic heterocycles. The van der Waals surface area contributed by atoms with Crippen LogP contribution in [0.5, 0.6) is 0 Å². The number of thioether (sulfide) groups is 1. The second kappa shape index (κ2) is 4.85. The Labute approximate surface area is 99.9 Å². The minimum Gasteiger partial charge on any atom is -0.304 e. The van der Waals surface area contributed by atoms with E-state index < -0.39 is 0 Å². The Morgan fingerprint density at radius 3 is 2.93 bits per heavy atom. The van der Waals surface area contributed by atoms with E-state index in [-0.39, 0.29) is 0 Å². The molecule has 2 heterocycles. The third-order valence-electron chi connectivity index (χ3n) is 2.85. The molecule has 2 nitrogen and oxygen atoms in total. The first-order valence-electron chi connectivity index (χ1n) is 5.47. The van der Waals surface area contributed by atoms with Gasteiger partial charge in [0.15, 0.2) is 0 Å². The minimum absolute atomic E-state index is 0.398. The van der Waals surface area contributed by atoms with E-state index >= 15 is 0 Å². The Morgan fingerprint density at radius 1 is 1.60 bits per heavy atom. The molecule has 84 valence electrons. The Balaban J connectivity index is 1.94. The van der Waals surface area contributed by atoms with Gasteiger partial charge in [0.25, 0.3) is 0 Å². The van der Waals surface area contributed by atoms with E-state index in [4.69, 9.17) is 0 Å². The molecule has 0 aromatic carbocycles. The van der Waals surface area contributed by atoms with Crippen LogP contribution in [0.15, 0.2) is 6.20 Å². The molecule has 0 bridgehead atoms. The summed E-state index contributed by atoms with van der Waals surface area (Å²) in [6.45, 7) is 6.64. The zero-order chi connectivity index (χ0) is 10.8. The van der Waals surface area contributed by atoms with E-state index in [1.165, 1.54) is 22.1 Å². The molecule has 0 spiro atoms. The van der Waals surface area contributed by atoms with Gasteiger partial charge < -0.3 is 5.32 Å². The van der Waals surface area contributed by atoms with Crippen molar-refractivity contribution < 1.29 is 0 Å². The Morgan fingerprint density at radius 2 is 2.40 bits per heavy atom. The lowest BCUT2D eigenvalue weighted by molar-refractivity contribution is 0.453. The van der Waals surface area contributed by atoms with Crippen LogP contribution in [-0.2, 0) is 0 Å². The standard InChI is InChI=1S/C11H18N2S2/c1-7-6-12-11(15-7)8(2)13-10-4-5-14-9(10)3/h6,8-10,13H,4-5H2,1-3H3. The molecular weight excluding hydrogens is 224 g/mol. The fourth-order valence-corrected chi connectivity index (χ4v) is 3.91. The summed E-state index contributed by atoms with van der Waals surface area (Å²) in [6.07, 6.45) is 3.26. The van der Waals surface area contributed by atoms with Crippen molar-refractivity contribution in [1.82, 2.24) is 10.3 Å². The summed E-state index contributed by atoms with van der Waals surface area (Å²) in [5, 5.41) is 5.65. The van der Waals surface area contributed by atoms with E-state index in [0.717, 1.165) is 5.25 Å². The number of hydrogen-bond donors (Lipinski definition) is 1. The first-order valence-corrected chi connectivity index (χ1v) is 7.33. The highest BCUT2D eigenvalue weighted by molar-refractivity contribution is 8.00. The van der Waals surface area contributed by atoms with Gasteiger partial charge >= 0.3 is 0 Å². The maximum absolute atomic E-state index is 4.43. The quantitative estimate of drug-likeness (QED) is 0.882. The van der Waals surface area contributed by atoms with Gasteiger partial charge in [0.05, 0.1) is 6.04 Å². The number of nitrogens with one attached hydrogen (secondary N) is 1. The van der Waals surface area contributed by atoms with E-state index in [1.54, 1.807) is 11.3 Å². The lowest BCUT2D eigenvalue weighted by atomic mass is 10.1. The first kappa shape index (κ1) is 11.4. The van der Waals surface area contributed by atoms with Gasteiger partial charge in [-0.05, 0) is 26.0 Å². The summed E-state index contributed by atoms with van der Waals surface area (Å²) in [4.78, 5) is 5.73. The van der Waals surface area contributed by atoms with Crippen LogP contribution in [0, 0.1) is 6.92 Å². The zero-order valence-electron chi connectivity index (χ0n) is 9.49. The lowest BCUT2D eigenvalue weighted by Gasteiger charge is -2.20. The smallest absolute Gasteiger partial charge is 0.109 e. The van der Waals surface area contributed by atoms with Gasteiger partial charge in [-0.15, -0.1) is 11.3 Å². The minimum atomic E-state index is 0.398. The SMILES string of the molecule is Cc1cnc(C(C)NC2CCSC2C)s1. The molecule has 3 atom stereocenters. The van der Waals surface area contributed by atoms with E-state index in [2.05, 4.69) is 42.8 Å². The van der Waals surface area contributed by atoms with Crippen molar-refractivity contribution in [1.29, 1.82) is 0 Å². The maximum atomic E-state index is 4.43. The van der Waals surface area contributed by atoms with Gasteiger partial charge in [0.1, 0.15) is 5.01 Å². The van der Waals surface area contributed by atoms with Crippen molar-refractivity contribution in [3.05, 3.63) is 16.1 Å². The van der Waals surface area contributed by atoms with E-state index in [0.29, 0.717) is 12.1 Å². The molecule has 0 saturated carbocycles. The van der Waals surface area contributed by atoms with E-state index in [1.807, 2.05) is 6.20 Å². The van der Waals surface area contributed by atoms with Crippen LogP contribution in [0.1, 0.15) is 36.2 Å². The average Bonchev–Trinajstić information content (AvgIpc) is 2.77. The van der Waals surface area contributed by atoms with Crippen molar-refractivity contribution in [3.8, 4) is 0 Å². The van der Waals surface area contributed by atoms with Gasteiger partial charge in [0.2, 0.25) is 0 Å². The number of rotatable bonds is 3. The Hall–Kier alpha value is -0.0600. The zero-order valence-corrected chi connectivity index (χ0v) is 11.1. The van der Waals surface area contributed by atoms with Gasteiger partial charge in [-0.3, -0.25) is 0 Å². The molecule has 0 radical (unpaired) electrons. The highest BCUT2D eigenvalue weighted by atomic mass is 32.2. The summed E-state index contributed by atoms with van der Waals surface area (Å²) in [5.41, 5.74) is 0. The second-order valence-corrected chi connectivity index (χ2v) is 6.92. The largest absolute Gasteiger partial charge is 0.304 e. The average molecular weight is 242 g/mol. The van der Waals surface area contributed by atoms with Crippen LogP contribution in [0.3, 0.4) is 0 Å². The van der Waals surface area contributed by atoms with Gasteiger partial charge in [0, 0.05) is 22.4 Å². The predicted molar refractivity (Wildman–Crippen MR) is 68.7 cm³/mol. The number of nitrogens with zero attached hydrogens (tertiary/aromatic N) is 1. The fraction of sp³-hybridized carbons (Fsp3) is 0.727. The van der Waals surface area contributed by atoms with Crippen LogP contribution in [0.25, 0.3) is 0 Å². The monoisotopic (exact) mass is 242 g/mol. The molecule has 15 heavy (non-hydrogen) atoms. The summed E-state index contributed by atoms with van der Waals surface area (Å²) >= 11 is 3.87. The molecule has 1 aromatic rings. The first-order chi connectivity index (χ1) is 7.16. The molecular formula is C11H18N2S2. The Kier molecular flexibility index (Phi) is 3.69. The van der Waals surface area contributed by atoms with Gasteiger partial charge in [-0.2, -0.15) is 11.8 Å². The molecule has 2 rings (SSSR count). The topological polar surface area (TPSA) is 24.9 Å². The molecule has 1 aliphatic rings. The lowest BCUT2D eigenvalue weighted by Crippen LogP contribution is -2.35. The van der Waals surface area contributed by atoms with Crippen LogP contribution < -0.4 is 5.32 Å². The van der Waals surface area contributed by atoms with Gasteiger partial charge in [-0.25, -0.2) is 4.98 Å². The molecule has 0 amide bonds. The van der Waals surface area contributed by atoms with Crippen LogP contribution in [0.2, 0.25) is 0 Å². The van der Waals surface area contributed by atoms with Crippen LogP contribution in [-0.4, -0.2) is 22.0 Å². The fourth-order valence-electron chi connectivity index (χ4n) is 1.92. The highest BCUT2D eigenvalue weighted by Crippen LogP contribution is 2.28. The molecule has 3 unspecified atom stereocenters. The van der Waals surface area contributed by atoms with Gasteiger partial charge in [-0.1, -0.05) is 6.92 Å². The Bertz CT molecular complexity index is 324. The number of hydrogen-bond acceptors (Lipinski definition) is 4. The third kappa shape index (κ3) is 2.74. The normalized spacial score (nSPS) is 28.2. The van der Waals surface area contributed by atoms with Crippen molar-refractivity contribution in [2.75, 3.05) is 5.75 Å². The maximum Gasteiger partial charge on any atom is 0.109 e. The molecule has 4 heteroatoms. The molecule has 0 aliphatic carbocycles. The summed E-state index contributed by atoms with van der Waals surface area (Å²) in [7, 11) is 0. The molecule has 1 fully saturated rings. The molecule has 1 N–H and O–H groups in total. The third-order valence-corrected chi connectivity index (χ3v) is 5.27. The van der Waals surface area contributed by atoms with Crippen molar-refractivity contribution in [2.24, 2.45) is 0 Å². The van der Waals surface area contributed by atoms with Crippen molar-refractivity contribution in [3.63, 3.8) is 0 Å². The second-order valence-electron chi connectivity index (χ2n) is 4.17. The highest BCUT2D eigenvalue weighted by Gasteiger charge is 2.25. The number of aromatic nitrogens is 1. The number of thiazole rings is 1. The van der Waals surface area contributed by atoms with Crippen LogP contribution in [0.4, 0.5) is 0 Å². The number of aryl methyl sites for hydroxylation is 1. The van der Waals surface area contributed by atoms with Crippen LogP contribution >= 0.6 is 23.1 Å². The summed E-state index contributed by atoms with van der Waals surface area (Å²) in [6, 6.07) is 1.06. The summed E-state index contributed by atoms with van der Waals surface area (Å²) < 4.78 is 0. The summed E-state index contributed by atoms with van der Waals surface area (Å²) in [5.74, 6) is 1.29. The van der Waals surface area contributed by atoms with Crippen molar-refractivity contribution in [2.45, 2.75) is 44.5 Å². The van der Waals surface area contributed by atoms with Crippen molar-refractivity contribution >= 4 is 23.1 Å². The molecule has 1 aromatic heterocycles. The molecule has 1 saturated heterocycles. The predicted octanol–water partition coefficient (Wildman–Crippen LogP) is 3.00. The van der Waals surface area contributed by atoms with E-state index in [9.17, 15) is 0 Å².